The van der Waals surface area contributed by atoms with Crippen LogP contribution in [0.15, 0.2) is 61.3 Å². The van der Waals surface area contributed by atoms with Gasteiger partial charge in [-0.05, 0) is 48.7 Å². The Balaban J connectivity index is 1.41. The summed E-state index contributed by atoms with van der Waals surface area (Å²) in [4.78, 5) is 32.0. The number of piperidine rings is 1. The molecule has 9 nitrogen and oxygen atoms in total. The van der Waals surface area contributed by atoms with Crippen LogP contribution in [0.25, 0.3) is 22.0 Å². The fourth-order valence-electron chi connectivity index (χ4n) is 4.35. The summed E-state index contributed by atoms with van der Waals surface area (Å²) in [6.07, 6.45) is 8.30. The van der Waals surface area contributed by atoms with Gasteiger partial charge in [0.25, 0.3) is 5.91 Å². The summed E-state index contributed by atoms with van der Waals surface area (Å²) in [7, 11) is 1.49. The quantitative estimate of drug-likeness (QED) is 0.474. The highest BCUT2D eigenvalue weighted by atomic mass is 16.5. The zero-order valence-electron chi connectivity index (χ0n) is 19.2. The third-order valence-electron chi connectivity index (χ3n) is 6.09. The van der Waals surface area contributed by atoms with Crippen LogP contribution in [-0.2, 0) is 0 Å². The minimum Gasteiger partial charge on any atom is -0.480 e. The van der Waals surface area contributed by atoms with Crippen LogP contribution in [-0.4, -0.2) is 57.0 Å². The predicted octanol–water partition coefficient (Wildman–Crippen LogP) is 3.68. The molecule has 174 valence electrons. The summed E-state index contributed by atoms with van der Waals surface area (Å²) in [5.41, 5.74) is 3.44. The molecule has 1 N–H and O–H groups in total. The van der Waals surface area contributed by atoms with Crippen LogP contribution in [0.5, 0.6) is 5.88 Å². The molecule has 4 heterocycles. The largest absolute Gasteiger partial charge is 0.480 e. The molecular weight excluding hydrogens is 442 g/mol. The van der Waals surface area contributed by atoms with Gasteiger partial charge >= 0.3 is 0 Å². The lowest BCUT2D eigenvalue weighted by molar-refractivity contribution is 0.0714. The lowest BCUT2D eigenvalue weighted by Gasteiger charge is -2.33. The first-order valence-corrected chi connectivity index (χ1v) is 11.3. The summed E-state index contributed by atoms with van der Waals surface area (Å²) in [5, 5.41) is 13.8. The fraction of sp³-hybridized carbons (Fsp3) is 0.231. The lowest BCUT2D eigenvalue weighted by Crippen LogP contribution is -2.45. The van der Waals surface area contributed by atoms with E-state index in [1.165, 1.54) is 13.4 Å². The van der Waals surface area contributed by atoms with Crippen LogP contribution in [0.3, 0.4) is 0 Å². The van der Waals surface area contributed by atoms with Crippen molar-refractivity contribution in [3.8, 4) is 23.1 Å². The third kappa shape index (κ3) is 4.59. The maximum atomic E-state index is 12.9. The number of anilines is 1. The van der Waals surface area contributed by atoms with E-state index >= 15 is 0 Å². The van der Waals surface area contributed by atoms with Gasteiger partial charge in [0.1, 0.15) is 23.8 Å². The number of aromatic nitrogens is 4. The summed E-state index contributed by atoms with van der Waals surface area (Å²) in [6.45, 7) is 1.29. The Hall–Kier alpha value is -4.58. The van der Waals surface area contributed by atoms with Crippen molar-refractivity contribution >= 4 is 22.6 Å². The standard InChI is InChI=1S/C26H23N7O2/c1-35-25-19(12-27)10-20(14-29-25)17-6-7-23-22(11-17)24(31-16-30-23)32-21-5-3-9-33(15-21)26(34)18-4-2-8-28-13-18/h2,4,6-8,10-11,13-14,16,21H,3,5,9,15H2,1H3,(H,30,31,32)/t21-/m0/s1. The van der Waals surface area contributed by atoms with Crippen LogP contribution in [0.1, 0.15) is 28.8 Å². The van der Waals surface area contributed by atoms with Crippen LogP contribution in [0.4, 0.5) is 5.82 Å². The smallest absolute Gasteiger partial charge is 0.255 e. The van der Waals surface area contributed by atoms with Crippen molar-refractivity contribution in [3.63, 3.8) is 0 Å². The van der Waals surface area contributed by atoms with E-state index in [1.54, 1.807) is 36.8 Å². The second-order valence-corrected chi connectivity index (χ2v) is 8.32. The highest BCUT2D eigenvalue weighted by molar-refractivity contribution is 5.94. The van der Waals surface area contributed by atoms with Gasteiger partial charge in [0.15, 0.2) is 0 Å². The molecule has 0 spiro atoms. The molecule has 1 aliphatic heterocycles. The number of nitrogens with one attached hydrogen (secondary N) is 1. The van der Waals surface area contributed by atoms with Crippen molar-refractivity contribution in [1.29, 1.82) is 5.26 Å². The fourth-order valence-corrected chi connectivity index (χ4v) is 4.35. The number of fused-ring (bicyclic) bond motifs is 1. The van der Waals surface area contributed by atoms with E-state index in [9.17, 15) is 10.1 Å². The van der Waals surface area contributed by atoms with Gasteiger partial charge < -0.3 is 15.0 Å². The number of nitriles is 1. The molecule has 1 atom stereocenters. The Morgan fingerprint density at radius 1 is 1.17 bits per heavy atom. The summed E-state index contributed by atoms with van der Waals surface area (Å²) in [6, 6.07) is 13.4. The first-order valence-electron chi connectivity index (χ1n) is 11.3. The number of benzene rings is 1. The second-order valence-electron chi connectivity index (χ2n) is 8.32. The van der Waals surface area contributed by atoms with Gasteiger partial charge in [-0.1, -0.05) is 6.07 Å². The number of hydrogen-bond acceptors (Lipinski definition) is 8. The summed E-state index contributed by atoms with van der Waals surface area (Å²) < 4.78 is 5.16. The molecule has 0 unspecified atom stereocenters. The normalized spacial score (nSPS) is 15.4. The third-order valence-corrected chi connectivity index (χ3v) is 6.09. The number of likely N-dealkylation sites (tertiary alicyclic amines) is 1. The molecular formula is C26H23N7O2. The van der Waals surface area contributed by atoms with E-state index in [4.69, 9.17) is 4.74 Å². The Morgan fingerprint density at radius 2 is 2.09 bits per heavy atom. The van der Waals surface area contributed by atoms with Gasteiger partial charge in [0.2, 0.25) is 5.88 Å². The van der Waals surface area contributed by atoms with Gasteiger partial charge in [-0.15, -0.1) is 0 Å². The molecule has 1 fully saturated rings. The summed E-state index contributed by atoms with van der Waals surface area (Å²) >= 11 is 0. The average Bonchev–Trinajstić information content (AvgIpc) is 2.93. The molecule has 1 aromatic carbocycles. The van der Waals surface area contributed by atoms with Gasteiger partial charge in [-0.3, -0.25) is 9.78 Å². The number of nitrogens with zero attached hydrogens (tertiary/aromatic N) is 6. The number of ether oxygens (including phenoxy) is 1. The SMILES string of the molecule is COc1ncc(-c2ccc3ncnc(N[C@H]4CCCN(C(=O)c5cccnc5)C4)c3c2)cc1C#N. The molecule has 5 rings (SSSR count). The number of pyridine rings is 2. The number of rotatable bonds is 5. The van der Waals surface area contributed by atoms with Crippen molar-refractivity contribution < 1.29 is 9.53 Å². The molecule has 1 saturated heterocycles. The predicted molar refractivity (Wildman–Crippen MR) is 131 cm³/mol. The van der Waals surface area contributed by atoms with Crippen molar-refractivity contribution in [2.45, 2.75) is 18.9 Å². The number of carbonyl (C=O) groups excluding carboxylic acids is 1. The van der Waals surface area contributed by atoms with E-state index in [1.807, 2.05) is 23.1 Å². The lowest BCUT2D eigenvalue weighted by atomic mass is 10.0. The van der Waals surface area contributed by atoms with Gasteiger partial charge in [0.05, 0.1) is 18.2 Å². The van der Waals surface area contributed by atoms with Crippen molar-refractivity contribution in [3.05, 3.63) is 72.4 Å². The highest BCUT2D eigenvalue weighted by Crippen LogP contribution is 2.29. The summed E-state index contributed by atoms with van der Waals surface area (Å²) in [5.74, 6) is 0.990. The van der Waals surface area contributed by atoms with Gasteiger partial charge in [0, 0.05) is 48.7 Å². The molecule has 9 heteroatoms. The Morgan fingerprint density at radius 3 is 2.89 bits per heavy atom. The molecule has 0 bridgehead atoms. The Bertz CT molecular complexity index is 1420. The molecule has 0 saturated carbocycles. The van der Waals surface area contributed by atoms with Crippen molar-refractivity contribution in [2.24, 2.45) is 0 Å². The molecule has 1 aliphatic rings. The van der Waals surface area contributed by atoms with Crippen LogP contribution >= 0.6 is 0 Å². The topological polar surface area (TPSA) is 117 Å². The molecule has 4 aromatic rings. The molecule has 35 heavy (non-hydrogen) atoms. The van der Waals surface area contributed by atoms with E-state index in [-0.39, 0.29) is 11.9 Å². The first kappa shape index (κ1) is 22.2. The van der Waals surface area contributed by atoms with Gasteiger partial charge in [-0.2, -0.15) is 5.26 Å². The van der Waals surface area contributed by atoms with E-state index in [0.717, 1.165) is 34.9 Å². The number of carbonyl (C=O) groups is 1. The van der Waals surface area contributed by atoms with E-state index in [0.29, 0.717) is 35.9 Å². The molecule has 3 aromatic heterocycles. The Kier molecular flexibility index (Phi) is 6.18. The average molecular weight is 466 g/mol. The first-order chi connectivity index (χ1) is 17.2. The number of methoxy groups -OCH3 is 1. The number of amides is 1. The Labute approximate surface area is 202 Å². The zero-order valence-corrected chi connectivity index (χ0v) is 19.2. The maximum Gasteiger partial charge on any atom is 0.255 e. The van der Waals surface area contributed by atoms with Gasteiger partial charge in [-0.25, -0.2) is 15.0 Å². The molecule has 0 radical (unpaired) electrons. The van der Waals surface area contributed by atoms with E-state index < -0.39 is 0 Å². The molecule has 0 aliphatic carbocycles. The minimum absolute atomic E-state index is 0.0141. The maximum absolute atomic E-state index is 12.9. The zero-order chi connectivity index (χ0) is 24.2. The van der Waals surface area contributed by atoms with Crippen LogP contribution in [0.2, 0.25) is 0 Å². The monoisotopic (exact) mass is 465 g/mol. The number of hydrogen-bond donors (Lipinski definition) is 1. The highest BCUT2D eigenvalue weighted by Gasteiger charge is 2.25. The van der Waals surface area contributed by atoms with Crippen molar-refractivity contribution in [2.75, 3.05) is 25.5 Å². The minimum atomic E-state index is -0.0141. The van der Waals surface area contributed by atoms with Crippen LogP contribution in [0, 0.1) is 11.3 Å². The van der Waals surface area contributed by atoms with E-state index in [2.05, 4.69) is 31.3 Å². The second kappa shape index (κ2) is 9.73. The van der Waals surface area contributed by atoms with Crippen LogP contribution < -0.4 is 10.1 Å². The molecule has 1 amide bonds. The van der Waals surface area contributed by atoms with Crippen molar-refractivity contribution in [1.82, 2.24) is 24.8 Å².